The van der Waals surface area contributed by atoms with E-state index in [4.69, 9.17) is 16.3 Å². The number of amides is 1. The molecule has 0 bridgehead atoms. The summed E-state index contributed by atoms with van der Waals surface area (Å²) in [7, 11) is 1.53. The second-order valence-corrected chi connectivity index (χ2v) is 7.10. The number of pyridine rings is 1. The fraction of sp³-hybridized carbons (Fsp3) is 0.400. The average molecular weight is 392 g/mol. The van der Waals surface area contributed by atoms with E-state index in [1.165, 1.54) is 19.2 Å². The fourth-order valence-corrected chi connectivity index (χ4v) is 3.58. The van der Waals surface area contributed by atoms with E-state index in [1.807, 2.05) is 6.07 Å². The van der Waals surface area contributed by atoms with E-state index in [0.29, 0.717) is 24.0 Å². The third-order valence-electron chi connectivity index (χ3n) is 4.89. The van der Waals surface area contributed by atoms with Gasteiger partial charge in [-0.1, -0.05) is 23.7 Å². The van der Waals surface area contributed by atoms with Gasteiger partial charge in [0.25, 0.3) is 5.91 Å². The first-order valence-electron chi connectivity index (χ1n) is 8.99. The molecule has 2 heterocycles. The molecule has 1 N–H and O–H groups in total. The van der Waals surface area contributed by atoms with Crippen LogP contribution in [0.4, 0.5) is 4.39 Å². The number of nitrogens with zero attached hydrogens (tertiary/aromatic N) is 2. The molecule has 1 aromatic carbocycles. The maximum atomic E-state index is 13.8. The lowest BCUT2D eigenvalue weighted by Gasteiger charge is -2.34. The third kappa shape index (κ3) is 4.57. The van der Waals surface area contributed by atoms with Gasteiger partial charge in [0.1, 0.15) is 10.8 Å². The van der Waals surface area contributed by atoms with Crippen molar-refractivity contribution >= 4 is 17.5 Å². The van der Waals surface area contributed by atoms with E-state index in [1.54, 1.807) is 23.2 Å². The number of nitrogens with one attached hydrogen (secondary N) is 1. The minimum Gasteiger partial charge on any atom is -0.480 e. The monoisotopic (exact) mass is 391 g/mol. The smallest absolute Gasteiger partial charge is 0.256 e. The van der Waals surface area contributed by atoms with Gasteiger partial charge >= 0.3 is 0 Å². The number of carbonyl (C=O) groups excluding carboxylic acids is 1. The van der Waals surface area contributed by atoms with Crippen LogP contribution in [0.2, 0.25) is 5.02 Å². The van der Waals surface area contributed by atoms with Crippen LogP contribution in [-0.4, -0.2) is 42.0 Å². The Morgan fingerprint density at radius 1 is 1.37 bits per heavy atom. The lowest BCUT2D eigenvalue weighted by molar-refractivity contribution is 0.0697. The van der Waals surface area contributed by atoms with Crippen LogP contribution in [0.5, 0.6) is 5.88 Å². The normalized spacial score (nSPS) is 16.2. The fourth-order valence-electron chi connectivity index (χ4n) is 3.33. The minimum atomic E-state index is -0.472. The quantitative estimate of drug-likeness (QED) is 0.841. The molecule has 1 saturated heterocycles. The Morgan fingerprint density at radius 3 is 2.70 bits per heavy atom. The maximum absolute atomic E-state index is 13.8. The van der Waals surface area contributed by atoms with Crippen molar-refractivity contribution in [2.75, 3.05) is 20.2 Å². The van der Waals surface area contributed by atoms with Crippen molar-refractivity contribution in [1.29, 1.82) is 0 Å². The molecule has 1 unspecified atom stereocenters. The van der Waals surface area contributed by atoms with Gasteiger partial charge < -0.3 is 15.0 Å². The van der Waals surface area contributed by atoms with Gasteiger partial charge in [0.15, 0.2) is 0 Å². The predicted octanol–water partition coefficient (Wildman–Crippen LogP) is 3.84. The molecule has 1 atom stereocenters. The van der Waals surface area contributed by atoms with E-state index >= 15 is 0 Å². The first-order chi connectivity index (χ1) is 13.0. The van der Waals surface area contributed by atoms with Gasteiger partial charge in [-0.15, -0.1) is 0 Å². The summed E-state index contributed by atoms with van der Waals surface area (Å²) in [4.78, 5) is 18.4. The van der Waals surface area contributed by atoms with Gasteiger partial charge in [-0.25, -0.2) is 9.37 Å². The van der Waals surface area contributed by atoms with Gasteiger partial charge in [-0.05, 0) is 43.5 Å². The summed E-state index contributed by atoms with van der Waals surface area (Å²) in [5, 5.41) is 4.04. The average Bonchev–Trinajstić information content (AvgIpc) is 2.68. The highest BCUT2D eigenvalue weighted by molar-refractivity contribution is 6.31. The number of carbonyl (C=O) groups is 1. The van der Waals surface area contributed by atoms with Crippen molar-refractivity contribution < 1.29 is 13.9 Å². The number of benzene rings is 1. The number of hydrogen-bond donors (Lipinski definition) is 1. The molecule has 0 radical (unpaired) electrons. The molecule has 0 saturated carbocycles. The van der Waals surface area contributed by atoms with Gasteiger partial charge in [0.05, 0.1) is 12.7 Å². The number of rotatable bonds is 5. The second-order valence-electron chi connectivity index (χ2n) is 6.69. The van der Waals surface area contributed by atoms with Gasteiger partial charge in [-0.2, -0.15) is 0 Å². The summed E-state index contributed by atoms with van der Waals surface area (Å²) >= 11 is 6.15. The van der Waals surface area contributed by atoms with Crippen molar-refractivity contribution in [2.45, 2.75) is 31.8 Å². The lowest BCUT2D eigenvalue weighted by atomic mass is 10.0. The molecule has 0 spiro atoms. The Hall–Kier alpha value is -2.18. The molecule has 2 aromatic rings. The molecule has 144 valence electrons. The third-order valence-corrected chi connectivity index (χ3v) is 5.16. The Labute approximate surface area is 163 Å². The number of ether oxygens (including phenoxy) is 1. The number of piperidine rings is 1. The molecular formula is C20H23ClFN3O2. The molecule has 1 aromatic heterocycles. The zero-order valence-corrected chi connectivity index (χ0v) is 16.2. The molecule has 5 nitrogen and oxygen atoms in total. The highest BCUT2D eigenvalue weighted by Crippen LogP contribution is 2.26. The summed E-state index contributed by atoms with van der Waals surface area (Å²) in [6.07, 6.45) is 3.36. The topological polar surface area (TPSA) is 54.5 Å². The molecule has 1 aliphatic heterocycles. The van der Waals surface area contributed by atoms with Gasteiger partial charge in [0.2, 0.25) is 5.88 Å². The van der Waals surface area contributed by atoms with E-state index in [0.717, 1.165) is 18.4 Å². The van der Waals surface area contributed by atoms with Gasteiger partial charge in [-0.3, -0.25) is 4.79 Å². The number of likely N-dealkylation sites (tertiary alicyclic amines) is 1. The van der Waals surface area contributed by atoms with Crippen LogP contribution in [0, 0.1) is 5.82 Å². The predicted molar refractivity (Wildman–Crippen MR) is 103 cm³/mol. The highest BCUT2D eigenvalue weighted by atomic mass is 35.5. The minimum absolute atomic E-state index is 0.0692. The summed E-state index contributed by atoms with van der Waals surface area (Å²) in [6.45, 7) is 3.25. The zero-order valence-electron chi connectivity index (χ0n) is 15.4. The molecule has 7 heteroatoms. The molecule has 3 rings (SSSR count). The van der Waals surface area contributed by atoms with Gasteiger partial charge in [0, 0.05) is 31.4 Å². The Morgan fingerprint density at radius 2 is 2.07 bits per heavy atom. The molecule has 1 amide bonds. The van der Waals surface area contributed by atoms with Crippen LogP contribution < -0.4 is 10.1 Å². The zero-order chi connectivity index (χ0) is 19.4. The van der Waals surface area contributed by atoms with E-state index in [2.05, 4.69) is 17.2 Å². The van der Waals surface area contributed by atoms with Crippen LogP contribution in [0.3, 0.4) is 0 Å². The Balaban J connectivity index is 1.55. The standard InChI is InChI=1S/C20H23ClFN3O2/c1-13(14-11-17(21)19(27-2)23-12-14)24-15-7-9-25(10-8-15)20(26)16-5-3-4-6-18(16)22/h3-6,11-13,15,24H,7-10H2,1-2H3. The number of methoxy groups -OCH3 is 1. The number of aromatic nitrogens is 1. The van der Waals surface area contributed by atoms with Crippen LogP contribution in [0.1, 0.15) is 41.7 Å². The number of hydrogen-bond acceptors (Lipinski definition) is 4. The van der Waals surface area contributed by atoms with E-state index < -0.39 is 5.82 Å². The number of halogens is 2. The SMILES string of the molecule is COc1ncc(C(C)NC2CCN(C(=O)c3ccccc3F)CC2)cc1Cl. The van der Waals surface area contributed by atoms with Crippen LogP contribution in [-0.2, 0) is 0 Å². The van der Waals surface area contributed by atoms with E-state index in [9.17, 15) is 9.18 Å². The van der Waals surface area contributed by atoms with Crippen molar-refractivity contribution in [2.24, 2.45) is 0 Å². The van der Waals surface area contributed by atoms with Crippen molar-refractivity contribution in [1.82, 2.24) is 15.2 Å². The molecule has 1 fully saturated rings. The second kappa shape index (κ2) is 8.67. The van der Waals surface area contributed by atoms with Crippen LogP contribution in [0.15, 0.2) is 36.5 Å². The van der Waals surface area contributed by atoms with Crippen LogP contribution in [0.25, 0.3) is 0 Å². The van der Waals surface area contributed by atoms with E-state index in [-0.39, 0.29) is 23.6 Å². The lowest BCUT2D eigenvalue weighted by Crippen LogP contribution is -2.45. The van der Waals surface area contributed by atoms with Crippen LogP contribution >= 0.6 is 11.6 Å². The first kappa shape index (κ1) is 19.6. The van der Waals surface area contributed by atoms with Crippen molar-refractivity contribution in [3.8, 4) is 5.88 Å². The summed E-state index contributed by atoms with van der Waals surface area (Å²) < 4.78 is 18.9. The first-order valence-corrected chi connectivity index (χ1v) is 9.36. The highest BCUT2D eigenvalue weighted by Gasteiger charge is 2.26. The molecule has 0 aliphatic carbocycles. The molecule has 1 aliphatic rings. The Kier molecular flexibility index (Phi) is 6.29. The summed E-state index contributed by atoms with van der Waals surface area (Å²) in [5.74, 6) is -0.307. The van der Waals surface area contributed by atoms with Crippen molar-refractivity contribution in [3.05, 3.63) is 58.5 Å². The largest absolute Gasteiger partial charge is 0.480 e. The summed E-state index contributed by atoms with van der Waals surface area (Å²) in [6, 6.07) is 8.30. The van der Waals surface area contributed by atoms with Crippen molar-refractivity contribution in [3.63, 3.8) is 0 Å². The molecular weight excluding hydrogens is 369 g/mol. The molecule has 27 heavy (non-hydrogen) atoms. The Bertz CT molecular complexity index is 810. The maximum Gasteiger partial charge on any atom is 0.256 e. The summed E-state index contributed by atoms with van der Waals surface area (Å²) in [5.41, 5.74) is 1.11.